The monoisotopic (exact) mass is 498 g/mol. The minimum Gasteiger partial charge on any atom is -0.473 e. The van der Waals surface area contributed by atoms with Gasteiger partial charge in [-0.1, -0.05) is 5.16 Å². The molecule has 1 aliphatic heterocycles. The molecule has 0 radical (unpaired) electrons. The van der Waals surface area contributed by atoms with E-state index >= 15 is 0 Å². The molecule has 12 nitrogen and oxygen atoms in total. The van der Waals surface area contributed by atoms with Crippen molar-refractivity contribution in [3.63, 3.8) is 0 Å². The molecule has 4 rings (SSSR count). The van der Waals surface area contributed by atoms with E-state index in [0.29, 0.717) is 36.3 Å². The molecule has 0 unspecified atom stereocenters. The van der Waals surface area contributed by atoms with Gasteiger partial charge in [0.25, 0.3) is 0 Å². The van der Waals surface area contributed by atoms with Gasteiger partial charge in [-0.15, -0.1) is 13.2 Å². The Hall–Kier alpha value is -4.40. The van der Waals surface area contributed by atoms with Crippen LogP contribution in [0.2, 0.25) is 0 Å². The highest BCUT2D eigenvalue weighted by molar-refractivity contribution is 6.27. The molecule has 2 aromatic heterocycles. The summed E-state index contributed by atoms with van der Waals surface area (Å²) in [6.07, 6.45) is -3.23. The number of nitrogens with zero attached hydrogens (tertiary/aromatic N) is 3. The molecule has 186 valence electrons. The van der Waals surface area contributed by atoms with Gasteiger partial charge in [0.2, 0.25) is 17.6 Å². The number of ether oxygens (including phenoxy) is 1. The number of aromatic nitrogens is 2. The number of halogens is 3. The van der Waals surface area contributed by atoms with Crippen molar-refractivity contribution in [2.45, 2.75) is 12.3 Å². The van der Waals surface area contributed by atoms with Crippen molar-refractivity contribution in [3.05, 3.63) is 48.6 Å². The number of hydrogen-bond acceptors (Lipinski definition) is 9. The third-order valence-electron chi connectivity index (χ3n) is 4.41. The first kappa shape index (κ1) is 25.2. The third kappa shape index (κ3) is 7.56. The number of alkyl halides is 3. The second kappa shape index (κ2) is 10.7. The van der Waals surface area contributed by atoms with Crippen LogP contribution in [0.3, 0.4) is 0 Å². The number of carboxylic acids is 2. The second-order valence-corrected chi connectivity index (χ2v) is 7.06. The number of furan rings is 1. The van der Waals surface area contributed by atoms with Gasteiger partial charge in [-0.25, -0.2) is 9.59 Å². The molecule has 35 heavy (non-hydrogen) atoms. The van der Waals surface area contributed by atoms with E-state index in [0.717, 1.165) is 12.1 Å². The van der Waals surface area contributed by atoms with E-state index in [9.17, 15) is 18.0 Å². The van der Waals surface area contributed by atoms with Crippen LogP contribution in [0.4, 0.5) is 18.9 Å². The molecule has 0 saturated carbocycles. The van der Waals surface area contributed by atoms with Crippen LogP contribution in [0.1, 0.15) is 11.8 Å². The fraction of sp³-hybridized carbons (Fsp3) is 0.250. The molecule has 15 heteroatoms. The highest BCUT2D eigenvalue weighted by Crippen LogP contribution is 2.28. The number of hydrogen-bond donors (Lipinski definition) is 3. The zero-order valence-corrected chi connectivity index (χ0v) is 17.6. The topological polar surface area (TPSA) is 168 Å². The zero-order chi connectivity index (χ0) is 25.6. The Labute approximate surface area is 193 Å². The molecule has 1 fully saturated rings. The molecule has 0 aliphatic carbocycles. The Balaban J connectivity index is 0.000000509. The third-order valence-corrected chi connectivity index (χ3v) is 4.41. The SMILES string of the molecule is O=C(CN1CC(c2nc(-c3ccco3)no2)C1)Nc1ccc(OC(F)(F)F)cc1.O=C(O)C(=O)O. The molecule has 1 saturated heterocycles. The van der Waals surface area contributed by atoms with Gasteiger partial charge >= 0.3 is 18.3 Å². The minimum atomic E-state index is -4.75. The normalized spacial score (nSPS) is 13.8. The number of nitrogens with one attached hydrogen (secondary N) is 1. The maximum atomic E-state index is 12.2. The van der Waals surface area contributed by atoms with Crippen LogP contribution in [-0.4, -0.2) is 69.1 Å². The van der Waals surface area contributed by atoms with E-state index in [4.69, 9.17) is 28.7 Å². The lowest BCUT2D eigenvalue weighted by Crippen LogP contribution is -2.48. The maximum Gasteiger partial charge on any atom is 0.573 e. The highest BCUT2D eigenvalue weighted by atomic mass is 19.4. The lowest BCUT2D eigenvalue weighted by Gasteiger charge is -2.36. The van der Waals surface area contributed by atoms with Gasteiger partial charge in [0, 0.05) is 18.8 Å². The summed E-state index contributed by atoms with van der Waals surface area (Å²) in [7, 11) is 0. The number of carboxylic acid groups (broad SMARTS) is 2. The van der Waals surface area contributed by atoms with E-state index in [1.54, 1.807) is 12.1 Å². The fourth-order valence-corrected chi connectivity index (χ4v) is 2.91. The van der Waals surface area contributed by atoms with E-state index in [2.05, 4.69) is 20.2 Å². The van der Waals surface area contributed by atoms with Crippen LogP contribution in [0.15, 0.2) is 51.6 Å². The molecule has 3 aromatic rings. The number of anilines is 1. The molecule has 0 atom stereocenters. The van der Waals surface area contributed by atoms with Crippen molar-refractivity contribution in [1.29, 1.82) is 0 Å². The van der Waals surface area contributed by atoms with Gasteiger partial charge in [0.05, 0.1) is 18.7 Å². The predicted molar refractivity (Wildman–Crippen MR) is 108 cm³/mol. The van der Waals surface area contributed by atoms with Crippen LogP contribution in [0, 0.1) is 0 Å². The van der Waals surface area contributed by atoms with Crippen molar-refractivity contribution in [2.75, 3.05) is 25.0 Å². The minimum absolute atomic E-state index is 0.0258. The standard InChI is InChI=1S/C18H15F3N4O4.C2H2O4/c19-18(20,21)28-13-5-3-12(4-6-13)22-15(26)10-25-8-11(9-25)17-23-16(24-29-17)14-2-1-7-27-14;3-1(4)2(5)6/h1-7,11H,8-10H2,(H,22,26);(H,3,4)(H,5,6). The van der Waals surface area contributed by atoms with Gasteiger partial charge < -0.3 is 29.2 Å². The van der Waals surface area contributed by atoms with E-state index in [1.807, 2.05) is 4.90 Å². The van der Waals surface area contributed by atoms with Gasteiger partial charge in [0.15, 0.2) is 5.76 Å². The molecule has 3 heterocycles. The number of aliphatic carboxylic acids is 2. The molecular formula is C20H17F3N4O8. The molecule has 3 N–H and O–H groups in total. The first-order chi connectivity index (χ1) is 16.5. The van der Waals surface area contributed by atoms with Gasteiger partial charge in [-0.05, 0) is 36.4 Å². The Morgan fingerprint density at radius 1 is 1.11 bits per heavy atom. The first-order valence-electron chi connectivity index (χ1n) is 9.72. The summed E-state index contributed by atoms with van der Waals surface area (Å²) in [6, 6.07) is 8.41. The molecule has 1 amide bonds. The molecule has 0 spiro atoms. The first-order valence-corrected chi connectivity index (χ1v) is 9.72. The average Bonchev–Trinajstić information content (AvgIpc) is 3.43. The molecule has 1 aromatic carbocycles. The van der Waals surface area contributed by atoms with Crippen molar-refractivity contribution < 1.29 is 51.4 Å². The van der Waals surface area contributed by atoms with Gasteiger partial charge in [-0.3, -0.25) is 9.69 Å². The van der Waals surface area contributed by atoms with Crippen LogP contribution in [0.5, 0.6) is 5.75 Å². The fourth-order valence-electron chi connectivity index (χ4n) is 2.91. The van der Waals surface area contributed by atoms with E-state index < -0.39 is 18.3 Å². The summed E-state index contributed by atoms with van der Waals surface area (Å²) in [4.78, 5) is 36.5. The predicted octanol–water partition coefficient (Wildman–Crippen LogP) is 2.42. The number of rotatable bonds is 6. The van der Waals surface area contributed by atoms with Crippen LogP contribution >= 0.6 is 0 Å². The van der Waals surface area contributed by atoms with Crippen LogP contribution < -0.4 is 10.1 Å². The molecular weight excluding hydrogens is 481 g/mol. The molecule has 1 aliphatic rings. The van der Waals surface area contributed by atoms with Crippen LogP contribution in [-0.2, 0) is 14.4 Å². The Bertz CT molecular complexity index is 1140. The summed E-state index contributed by atoms with van der Waals surface area (Å²) >= 11 is 0. The van der Waals surface area contributed by atoms with Crippen LogP contribution in [0.25, 0.3) is 11.6 Å². The van der Waals surface area contributed by atoms with Gasteiger partial charge in [0.1, 0.15) is 5.75 Å². The summed E-state index contributed by atoms with van der Waals surface area (Å²) in [5.41, 5.74) is 0.376. The number of carbonyl (C=O) groups excluding carboxylic acids is 1. The van der Waals surface area contributed by atoms with Crippen molar-refractivity contribution in [2.24, 2.45) is 0 Å². The summed E-state index contributed by atoms with van der Waals surface area (Å²) in [5.74, 6) is -2.89. The lowest BCUT2D eigenvalue weighted by atomic mass is 10.0. The zero-order valence-electron chi connectivity index (χ0n) is 17.6. The van der Waals surface area contributed by atoms with E-state index in [-0.39, 0.29) is 24.1 Å². The molecule has 0 bridgehead atoms. The number of carbonyl (C=O) groups is 3. The summed E-state index contributed by atoms with van der Waals surface area (Å²) < 4.78 is 50.7. The van der Waals surface area contributed by atoms with E-state index in [1.165, 1.54) is 18.4 Å². The Kier molecular flexibility index (Phi) is 7.70. The maximum absolute atomic E-state index is 12.2. The largest absolute Gasteiger partial charge is 0.573 e. The quantitative estimate of drug-likeness (QED) is 0.427. The summed E-state index contributed by atoms with van der Waals surface area (Å²) in [6.45, 7) is 1.29. The number of benzene rings is 1. The number of likely N-dealkylation sites (tertiary alicyclic amines) is 1. The second-order valence-electron chi connectivity index (χ2n) is 7.06. The number of amides is 1. The average molecular weight is 498 g/mol. The highest BCUT2D eigenvalue weighted by Gasteiger charge is 2.34. The van der Waals surface area contributed by atoms with Gasteiger partial charge in [-0.2, -0.15) is 4.98 Å². The summed E-state index contributed by atoms with van der Waals surface area (Å²) in [5, 5.41) is 21.3. The smallest absolute Gasteiger partial charge is 0.473 e. The van der Waals surface area contributed by atoms with Crippen molar-refractivity contribution in [1.82, 2.24) is 15.0 Å². The Morgan fingerprint density at radius 2 is 1.77 bits per heavy atom. The van der Waals surface area contributed by atoms with Crippen molar-refractivity contribution in [3.8, 4) is 17.3 Å². The lowest BCUT2D eigenvalue weighted by molar-refractivity contribution is -0.274. The Morgan fingerprint density at radius 3 is 2.31 bits per heavy atom. The van der Waals surface area contributed by atoms with Crippen molar-refractivity contribution >= 4 is 23.5 Å².